The van der Waals surface area contributed by atoms with Crippen molar-refractivity contribution in [1.29, 1.82) is 0 Å². The van der Waals surface area contributed by atoms with E-state index >= 15 is 0 Å². The third-order valence-corrected chi connectivity index (χ3v) is 5.08. The van der Waals surface area contributed by atoms with Gasteiger partial charge in [0.15, 0.2) is 0 Å². The first-order valence-electron chi connectivity index (χ1n) is 8.20. The van der Waals surface area contributed by atoms with E-state index in [4.69, 9.17) is 9.47 Å². The summed E-state index contributed by atoms with van der Waals surface area (Å²) in [6.07, 6.45) is 5.28. The largest absolute Gasteiger partial charge is 0.489 e. The summed E-state index contributed by atoms with van der Waals surface area (Å²) in [4.78, 5) is 14.0. The fourth-order valence-corrected chi connectivity index (χ4v) is 4.08. The van der Waals surface area contributed by atoms with E-state index in [2.05, 4.69) is 4.72 Å². The van der Waals surface area contributed by atoms with E-state index in [1.807, 2.05) is 24.3 Å². The van der Waals surface area contributed by atoms with Crippen LogP contribution in [-0.4, -0.2) is 57.5 Å². The Morgan fingerprint density at radius 2 is 1.88 bits per heavy atom. The number of sulfonamides is 1. The second kappa shape index (κ2) is 7.45. The van der Waals surface area contributed by atoms with Crippen molar-refractivity contribution in [2.75, 3.05) is 26.0 Å². The summed E-state index contributed by atoms with van der Waals surface area (Å²) in [5.41, 5.74) is 0.932. The molecule has 1 N–H and O–H groups in total. The molecule has 2 atom stereocenters. The van der Waals surface area contributed by atoms with Gasteiger partial charge < -0.3 is 14.4 Å². The summed E-state index contributed by atoms with van der Waals surface area (Å²) >= 11 is 0. The molecule has 3 rings (SSSR count). The van der Waals surface area contributed by atoms with Crippen LogP contribution in [0, 0.1) is 0 Å². The monoisotopic (exact) mass is 366 g/mol. The molecule has 1 saturated heterocycles. The third kappa shape index (κ3) is 4.52. The van der Waals surface area contributed by atoms with E-state index in [0.29, 0.717) is 26.0 Å². The quantitative estimate of drug-likeness (QED) is 0.798. The first-order chi connectivity index (χ1) is 11.9. The molecule has 8 heteroatoms. The van der Waals surface area contributed by atoms with Crippen molar-refractivity contribution in [3.05, 3.63) is 42.0 Å². The van der Waals surface area contributed by atoms with Crippen LogP contribution < -0.4 is 9.46 Å². The standard InChI is InChI=1S/C17H22N2O5S/c1-25(21,22)18-14-8-9-19-15(14)12-13-6-2-3-7-16(13)23-10-4-5-11-24-17(19)20/h2-7,14-15,18H,8-12H2,1H3/b5-4+/t14-,15-/m0/s1. The second-order valence-electron chi connectivity index (χ2n) is 6.22. The van der Waals surface area contributed by atoms with Gasteiger partial charge >= 0.3 is 6.09 Å². The number of para-hydroxylation sites is 1. The van der Waals surface area contributed by atoms with E-state index in [9.17, 15) is 13.2 Å². The maximum Gasteiger partial charge on any atom is 0.410 e. The van der Waals surface area contributed by atoms with Crippen LogP contribution in [0.3, 0.4) is 0 Å². The number of rotatable bonds is 2. The molecule has 0 aliphatic carbocycles. The summed E-state index contributed by atoms with van der Waals surface area (Å²) in [6.45, 7) is 0.995. The van der Waals surface area contributed by atoms with Crippen LogP contribution in [0.25, 0.3) is 0 Å². The summed E-state index contributed by atoms with van der Waals surface area (Å²) in [7, 11) is -3.37. The highest BCUT2D eigenvalue weighted by Gasteiger charge is 2.39. The highest BCUT2D eigenvalue weighted by molar-refractivity contribution is 7.88. The molecule has 25 heavy (non-hydrogen) atoms. The predicted molar refractivity (Wildman–Crippen MR) is 93.0 cm³/mol. The molecule has 2 aliphatic heterocycles. The molecule has 0 radical (unpaired) electrons. The van der Waals surface area contributed by atoms with Crippen molar-refractivity contribution < 1.29 is 22.7 Å². The van der Waals surface area contributed by atoms with Gasteiger partial charge in [-0.3, -0.25) is 0 Å². The molecule has 1 aromatic rings. The van der Waals surface area contributed by atoms with Crippen molar-refractivity contribution in [2.45, 2.75) is 24.9 Å². The van der Waals surface area contributed by atoms with Gasteiger partial charge in [0.05, 0.1) is 12.3 Å². The smallest absolute Gasteiger partial charge is 0.410 e. The Hall–Kier alpha value is -2.06. The molecular formula is C17H22N2O5S. The van der Waals surface area contributed by atoms with Crippen molar-refractivity contribution >= 4 is 16.1 Å². The zero-order valence-corrected chi connectivity index (χ0v) is 14.9. The molecule has 2 heterocycles. The van der Waals surface area contributed by atoms with E-state index < -0.39 is 16.1 Å². The van der Waals surface area contributed by atoms with Gasteiger partial charge in [0.1, 0.15) is 19.0 Å². The Morgan fingerprint density at radius 1 is 1.16 bits per heavy atom. The normalized spacial score (nSPS) is 25.6. The summed E-state index contributed by atoms with van der Waals surface area (Å²) in [6, 6.07) is 6.93. The number of carbonyl (C=O) groups is 1. The number of carbonyl (C=O) groups excluding carboxylic acids is 1. The zero-order valence-electron chi connectivity index (χ0n) is 14.1. The number of cyclic esters (lactones) is 1. The van der Waals surface area contributed by atoms with E-state index in [0.717, 1.165) is 17.6 Å². The molecule has 2 aliphatic rings. The lowest BCUT2D eigenvalue weighted by Gasteiger charge is -2.28. The lowest BCUT2D eigenvalue weighted by atomic mass is 10.00. The highest BCUT2D eigenvalue weighted by Crippen LogP contribution is 2.27. The van der Waals surface area contributed by atoms with Crippen molar-refractivity contribution in [3.8, 4) is 5.75 Å². The van der Waals surface area contributed by atoms with Gasteiger partial charge in [0.2, 0.25) is 10.0 Å². The minimum atomic E-state index is -3.37. The fraction of sp³-hybridized carbons (Fsp3) is 0.471. The Labute approximate surface area is 147 Å². The number of hydrogen-bond acceptors (Lipinski definition) is 5. The van der Waals surface area contributed by atoms with Gasteiger partial charge in [0.25, 0.3) is 0 Å². The number of nitrogens with zero attached hydrogens (tertiary/aromatic N) is 1. The van der Waals surface area contributed by atoms with Crippen LogP contribution in [-0.2, 0) is 21.2 Å². The van der Waals surface area contributed by atoms with Crippen LogP contribution in [0.1, 0.15) is 12.0 Å². The minimum absolute atomic E-state index is 0.164. The molecule has 1 amide bonds. The molecule has 0 aromatic heterocycles. The van der Waals surface area contributed by atoms with Crippen LogP contribution >= 0.6 is 0 Å². The van der Waals surface area contributed by atoms with Gasteiger partial charge in [-0.15, -0.1) is 0 Å². The molecule has 1 fully saturated rings. The van der Waals surface area contributed by atoms with Crippen LogP contribution in [0.4, 0.5) is 4.79 Å². The number of hydrogen-bond donors (Lipinski definition) is 1. The molecule has 0 bridgehead atoms. The Kier molecular flexibility index (Phi) is 5.29. The molecule has 136 valence electrons. The average Bonchev–Trinajstić information content (AvgIpc) is 2.91. The zero-order chi connectivity index (χ0) is 17.9. The number of benzene rings is 1. The number of fused-ring (bicyclic) bond motifs is 2. The minimum Gasteiger partial charge on any atom is -0.489 e. The molecule has 0 unspecified atom stereocenters. The first-order valence-corrected chi connectivity index (χ1v) is 10.1. The Bertz CT molecular complexity index is 762. The van der Waals surface area contributed by atoms with Crippen LogP contribution in [0.2, 0.25) is 0 Å². The highest BCUT2D eigenvalue weighted by atomic mass is 32.2. The number of amides is 1. The van der Waals surface area contributed by atoms with E-state index in [1.165, 1.54) is 0 Å². The van der Waals surface area contributed by atoms with Gasteiger partial charge in [-0.05, 0) is 36.6 Å². The lowest BCUT2D eigenvalue weighted by molar-refractivity contribution is 0.105. The Balaban J connectivity index is 1.92. The maximum absolute atomic E-state index is 12.4. The van der Waals surface area contributed by atoms with Gasteiger partial charge in [-0.2, -0.15) is 0 Å². The summed E-state index contributed by atoms with van der Waals surface area (Å²) < 4.78 is 37.1. The Morgan fingerprint density at radius 3 is 2.64 bits per heavy atom. The lowest BCUT2D eigenvalue weighted by Crippen LogP contribution is -2.47. The SMILES string of the molecule is CS(=O)(=O)N[C@H]1CCN2C(=O)OC/C=C/COc3ccccc3C[C@@H]12. The van der Waals surface area contributed by atoms with E-state index in [-0.39, 0.29) is 18.7 Å². The van der Waals surface area contributed by atoms with Crippen LogP contribution in [0.5, 0.6) is 5.75 Å². The first kappa shape index (κ1) is 17.8. The van der Waals surface area contributed by atoms with Crippen molar-refractivity contribution in [3.63, 3.8) is 0 Å². The van der Waals surface area contributed by atoms with Gasteiger partial charge in [-0.25, -0.2) is 17.9 Å². The van der Waals surface area contributed by atoms with Crippen LogP contribution in [0.15, 0.2) is 36.4 Å². The molecule has 0 spiro atoms. The maximum atomic E-state index is 12.4. The topological polar surface area (TPSA) is 84.9 Å². The fourth-order valence-electron chi connectivity index (χ4n) is 3.26. The van der Waals surface area contributed by atoms with Gasteiger partial charge in [0, 0.05) is 12.6 Å². The molecule has 1 aromatic carbocycles. The number of nitrogens with one attached hydrogen (secondary N) is 1. The van der Waals surface area contributed by atoms with Gasteiger partial charge in [-0.1, -0.05) is 18.2 Å². The molecule has 0 saturated carbocycles. The van der Waals surface area contributed by atoms with Crippen molar-refractivity contribution in [2.24, 2.45) is 0 Å². The summed E-state index contributed by atoms with van der Waals surface area (Å²) in [5.74, 6) is 0.742. The third-order valence-electron chi connectivity index (χ3n) is 4.35. The molecule has 7 nitrogen and oxygen atoms in total. The van der Waals surface area contributed by atoms with Crippen molar-refractivity contribution in [1.82, 2.24) is 9.62 Å². The van der Waals surface area contributed by atoms with E-state index in [1.54, 1.807) is 17.1 Å². The predicted octanol–water partition coefficient (Wildman–Crippen LogP) is 1.31. The molecular weight excluding hydrogens is 344 g/mol. The summed E-state index contributed by atoms with van der Waals surface area (Å²) in [5, 5.41) is 0. The number of ether oxygens (including phenoxy) is 2. The second-order valence-corrected chi connectivity index (χ2v) is 8.00. The average molecular weight is 366 g/mol.